The molecular weight excluding hydrogens is 242 g/mol. The average molecular weight is 261 g/mol. The van der Waals surface area contributed by atoms with Gasteiger partial charge in [-0.05, 0) is 90.1 Å². The quantitative estimate of drug-likeness (QED) is 0.757. The van der Waals surface area contributed by atoms with Gasteiger partial charge in [0.25, 0.3) is 0 Å². The van der Waals surface area contributed by atoms with Gasteiger partial charge in [-0.25, -0.2) is 0 Å². The van der Waals surface area contributed by atoms with Crippen molar-refractivity contribution in [2.45, 2.75) is 18.3 Å². The van der Waals surface area contributed by atoms with Crippen molar-refractivity contribution in [1.29, 1.82) is 0 Å². The van der Waals surface area contributed by atoms with Gasteiger partial charge in [0.1, 0.15) is 0 Å². The lowest BCUT2D eigenvalue weighted by Gasteiger charge is -2.39. The van der Waals surface area contributed by atoms with E-state index in [-0.39, 0.29) is 0 Å². The van der Waals surface area contributed by atoms with E-state index in [9.17, 15) is 0 Å². The Balaban J connectivity index is 1.55. The van der Waals surface area contributed by atoms with Crippen LogP contribution < -0.4 is 0 Å². The van der Waals surface area contributed by atoms with Crippen LogP contribution in [0.5, 0.6) is 0 Å². The van der Waals surface area contributed by atoms with Gasteiger partial charge < -0.3 is 0 Å². The van der Waals surface area contributed by atoms with Crippen LogP contribution in [0.15, 0.2) is 24.4 Å². The number of aromatic nitrogens is 1. The Morgan fingerprint density at radius 3 is 2.50 bits per heavy atom. The normalized spacial score (nSPS) is 74.3. The third-order valence-electron chi connectivity index (χ3n) is 9.87. The molecule has 1 nitrogen and oxygen atoms in total. The first-order valence-electron chi connectivity index (χ1n) is 8.85. The lowest BCUT2D eigenvalue weighted by Crippen LogP contribution is -2.40. The molecule has 0 aliphatic heterocycles. The molecule has 0 saturated heterocycles. The van der Waals surface area contributed by atoms with Gasteiger partial charge in [0.15, 0.2) is 0 Å². The van der Waals surface area contributed by atoms with Crippen LogP contribution in [0.1, 0.15) is 18.5 Å². The Labute approximate surface area is 119 Å². The highest BCUT2D eigenvalue weighted by Gasteiger charge is 2.93. The smallest absolute Gasteiger partial charge is 0.0474 e. The monoisotopic (exact) mass is 261 g/mol. The standard InChI is InChI=1S/C19H19N/c1-2-4-20-11(3-1)19-10-6-9-13-12-7-5-8(15(12)18(9)19)17(19)14(7)16(10)13/h1-4,7-10,12-18H,5-6H2/t7?,8?,9?,10?,12-,13?,14+,15-,16?,17+,18?,19?/m1/s1. The Bertz CT molecular complexity index is 670. The molecule has 0 N–H and O–H groups in total. The highest BCUT2D eigenvalue weighted by atomic mass is 15.0. The van der Waals surface area contributed by atoms with Crippen molar-refractivity contribution in [2.75, 3.05) is 0 Å². The minimum Gasteiger partial charge on any atom is -0.261 e. The summed E-state index contributed by atoms with van der Waals surface area (Å²) in [6.07, 6.45) is 5.29. The summed E-state index contributed by atoms with van der Waals surface area (Å²) >= 11 is 0. The van der Waals surface area contributed by atoms with Crippen molar-refractivity contribution >= 4 is 0 Å². The summed E-state index contributed by atoms with van der Waals surface area (Å²) in [5.74, 6) is 12.5. The molecular formula is C19H19N. The maximum atomic E-state index is 4.95. The maximum absolute atomic E-state index is 4.95. The molecule has 100 valence electrons. The Hall–Kier alpha value is -0.850. The highest BCUT2D eigenvalue weighted by Crippen LogP contribution is 2.96. The molecule has 4 bridgehead atoms. The van der Waals surface area contributed by atoms with Crippen LogP contribution in [-0.4, -0.2) is 4.98 Å². The number of hydrogen-bond donors (Lipinski definition) is 0. The summed E-state index contributed by atoms with van der Waals surface area (Å²) in [6, 6.07) is 6.77. The van der Waals surface area contributed by atoms with Gasteiger partial charge in [0, 0.05) is 17.3 Å². The van der Waals surface area contributed by atoms with Crippen molar-refractivity contribution in [3.8, 4) is 0 Å². The van der Waals surface area contributed by atoms with Gasteiger partial charge in [-0.15, -0.1) is 0 Å². The topological polar surface area (TPSA) is 12.9 Å². The molecule has 8 saturated carbocycles. The molecule has 12 atom stereocenters. The van der Waals surface area contributed by atoms with Crippen LogP contribution in [0, 0.1) is 65.1 Å². The van der Waals surface area contributed by atoms with E-state index in [0.717, 1.165) is 47.3 Å². The number of pyridine rings is 1. The average Bonchev–Trinajstić information content (AvgIpc) is 3.20. The SMILES string of the molecule is c1ccc(C23C4CC5C6C4[C@@H]4C7CC([C@@H](C52)[C@@H]67)[C@@H]43)nc1. The van der Waals surface area contributed by atoms with Crippen LogP contribution in [-0.2, 0) is 5.41 Å². The Morgan fingerprint density at radius 2 is 1.65 bits per heavy atom. The fourth-order valence-electron chi connectivity index (χ4n) is 10.7. The second kappa shape index (κ2) is 2.30. The summed E-state index contributed by atoms with van der Waals surface area (Å²) in [7, 11) is 0. The second-order valence-electron chi connectivity index (χ2n) is 9.16. The Morgan fingerprint density at radius 1 is 0.850 bits per heavy atom. The second-order valence-corrected chi connectivity index (χ2v) is 9.16. The first kappa shape index (κ1) is 9.23. The van der Waals surface area contributed by atoms with Crippen LogP contribution in [0.4, 0.5) is 0 Å². The van der Waals surface area contributed by atoms with Gasteiger partial charge >= 0.3 is 0 Å². The molecule has 8 fully saturated rings. The lowest BCUT2D eigenvalue weighted by molar-refractivity contribution is 0.171. The van der Waals surface area contributed by atoms with Crippen LogP contribution in [0.25, 0.3) is 0 Å². The van der Waals surface area contributed by atoms with Gasteiger partial charge in [-0.2, -0.15) is 0 Å². The van der Waals surface area contributed by atoms with Crippen molar-refractivity contribution in [3.63, 3.8) is 0 Å². The number of nitrogens with zero attached hydrogens (tertiary/aromatic N) is 1. The molecule has 0 aromatic carbocycles. The van der Waals surface area contributed by atoms with Crippen molar-refractivity contribution < 1.29 is 0 Å². The van der Waals surface area contributed by atoms with E-state index in [1.54, 1.807) is 12.8 Å². The molecule has 1 heteroatoms. The first-order valence-corrected chi connectivity index (χ1v) is 8.85. The zero-order valence-corrected chi connectivity index (χ0v) is 11.5. The van der Waals surface area contributed by atoms with Gasteiger partial charge in [0.05, 0.1) is 0 Å². The largest absolute Gasteiger partial charge is 0.261 e. The van der Waals surface area contributed by atoms with Crippen LogP contribution >= 0.6 is 0 Å². The summed E-state index contributed by atoms with van der Waals surface area (Å²) < 4.78 is 0. The lowest BCUT2D eigenvalue weighted by atomic mass is 9.65. The van der Waals surface area contributed by atoms with Crippen molar-refractivity contribution in [2.24, 2.45) is 65.1 Å². The third kappa shape index (κ3) is 0.538. The Kier molecular flexibility index (Phi) is 1.06. The van der Waals surface area contributed by atoms with E-state index in [2.05, 4.69) is 24.4 Å². The fourth-order valence-corrected chi connectivity index (χ4v) is 10.7. The molecule has 0 amide bonds. The minimum atomic E-state index is 0.576. The predicted octanol–water partition coefficient (Wildman–Crippen LogP) is 2.97. The van der Waals surface area contributed by atoms with Crippen LogP contribution in [0.2, 0.25) is 0 Å². The van der Waals surface area contributed by atoms with E-state index < -0.39 is 0 Å². The summed E-state index contributed by atoms with van der Waals surface area (Å²) in [5, 5.41) is 0. The zero-order chi connectivity index (χ0) is 12.4. The molecule has 0 spiro atoms. The van der Waals surface area contributed by atoms with Crippen LogP contribution in [0.3, 0.4) is 0 Å². The van der Waals surface area contributed by atoms with Crippen molar-refractivity contribution in [3.05, 3.63) is 30.1 Å². The summed E-state index contributed by atoms with van der Waals surface area (Å²) in [4.78, 5) is 4.95. The number of rotatable bonds is 1. The first-order chi connectivity index (χ1) is 9.94. The molecule has 8 unspecified atom stereocenters. The van der Waals surface area contributed by atoms with E-state index >= 15 is 0 Å². The highest BCUT2D eigenvalue weighted by molar-refractivity contribution is 5.47. The molecule has 1 aromatic rings. The van der Waals surface area contributed by atoms with Gasteiger partial charge in [-0.1, -0.05) is 6.07 Å². The van der Waals surface area contributed by atoms with E-state index in [1.165, 1.54) is 23.4 Å². The maximum Gasteiger partial charge on any atom is 0.0474 e. The molecule has 20 heavy (non-hydrogen) atoms. The molecule has 1 heterocycles. The number of hydrogen-bond acceptors (Lipinski definition) is 1. The third-order valence-corrected chi connectivity index (χ3v) is 9.87. The minimum absolute atomic E-state index is 0.576. The van der Waals surface area contributed by atoms with Gasteiger partial charge in [-0.3, -0.25) is 4.98 Å². The van der Waals surface area contributed by atoms with E-state index in [1.807, 2.05) is 0 Å². The summed E-state index contributed by atoms with van der Waals surface area (Å²) in [5.41, 5.74) is 2.11. The zero-order valence-electron chi connectivity index (χ0n) is 11.5. The molecule has 0 radical (unpaired) electrons. The van der Waals surface area contributed by atoms with E-state index in [4.69, 9.17) is 4.98 Å². The fraction of sp³-hybridized carbons (Fsp3) is 0.737. The summed E-state index contributed by atoms with van der Waals surface area (Å²) in [6.45, 7) is 0. The molecule has 8 aliphatic rings. The molecule has 9 rings (SSSR count). The van der Waals surface area contributed by atoms with Crippen molar-refractivity contribution in [1.82, 2.24) is 4.98 Å². The molecule has 8 aliphatic carbocycles. The van der Waals surface area contributed by atoms with Gasteiger partial charge in [0.2, 0.25) is 0 Å². The molecule has 1 aromatic heterocycles. The predicted molar refractivity (Wildman–Crippen MR) is 73.5 cm³/mol. The van der Waals surface area contributed by atoms with E-state index in [0.29, 0.717) is 5.41 Å².